The van der Waals surface area contributed by atoms with Crippen molar-refractivity contribution >= 4 is 17.9 Å². The van der Waals surface area contributed by atoms with E-state index >= 15 is 0 Å². The summed E-state index contributed by atoms with van der Waals surface area (Å²) in [5.41, 5.74) is 0. The first-order valence-electron chi connectivity index (χ1n) is 34.0. The molecule has 0 radical (unpaired) electrons. The van der Waals surface area contributed by atoms with Crippen LogP contribution in [0.25, 0.3) is 0 Å². The Morgan fingerprint density at radius 1 is 0.250 bits per heavy atom. The van der Waals surface area contributed by atoms with E-state index < -0.39 is 6.10 Å². The maximum Gasteiger partial charge on any atom is 0.306 e. The van der Waals surface area contributed by atoms with Gasteiger partial charge in [0.2, 0.25) is 0 Å². The van der Waals surface area contributed by atoms with E-state index in [1.807, 2.05) is 0 Å². The van der Waals surface area contributed by atoms with Crippen LogP contribution in [0.3, 0.4) is 0 Å². The highest BCUT2D eigenvalue weighted by Crippen LogP contribution is 2.17. The van der Waals surface area contributed by atoms with E-state index in [1.165, 1.54) is 270 Å². The monoisotopic (exact) mass is 1070 g/mol. The molecule has 0 saturated carbocycles. The van der Waals surface area contributed by atoms with Crippen molar-refractivity contribution in [3.8, 4) is 0 Å². The molecule has 0 rings (SSSR count). The van der Waals surface area contributed by atoms with Crippen LogP contribution >= 0.6 is 0 Å². The van der Waals surface area contributed by atoms with Gasteiger partial charge in [0, 0.05) is 19.3 Å². The second kappa shape index (κ2) is 65.2. The van der Waals surface area contributed by atoms with E-state index in [0.717, 1.165) is 64.2 Å². The molecule has 0 aliphatic carbocycles. The summed E-state index contributed by atoms with van der Waals surface area (Å²) in [4.78, 5) is 38.4. The lowest BCUT2D eigenvalue weighted by molar-refractivity contribution is -0.167. The SMILES string of the molecule is CCCCCCC/C=C\CCCCCCCC(=O)OCC(COC(=O)CCCCCCCCCCCCC/C=C\CCCCCCCCCC)OC(=O)CCCCCCCCCCC/C=C\CCCCCCCCCC. The third-order valence-corrected chi connectivity index (χ3v) is 15.3. The zero-order chi connectivity index (χ0) is 55.0. The summed E-state index contributed by atoms with van der Waals surface area (Å²) in [5, 5.41) is 0. The maximum atomic E-state index is 12.9. The van der Waals surface area contributed by atoms with Gasteiger partial charge >= 0.3 is 17.9 Å². The molecule has 6 nitrogen and oxygen atoms in total. The number of esters is 3. The highest BCUT2D eigenvalue weighted by Gasteiger charge is 2.19. The number of unbranched alkanes of at least 4 members (excludes halogenated alkanes) is 46. The molecular formula is C70H130O6. The highest BCUT2D eigenvalue weighted by molar-refractivity contribution is 5.71. The summed E-state index contributed by atoms with van der Waals surface area (Å²) in [6, 6.07) is 0. The molecule has 0 spiro atoms. The standard InChI is InChI=1S/C70H130O6/c1-4-7-10-13-16-19-22-25-28-30-32-34-35-37-38-40-42-45-48-51-54-57-60-63-69(72)75-66-67(65-74-68(71)62-59-56-53-50-47-44-27-24-21-18-15-12-9-6-3)76-70(73)64-61-58-55-52-49-46-43-41-39-36-33-31-29-26-23-20-17-14-11-8-5-2/h24,27,30-33,67H,4-23,25-26,28-29,34-66H2,1-3H3/b27-24-,32-30-,33-31-. The average molecular weight is 1070 g/mol. The van der Waals surface area contributed by atoms with Gasteiger partial charge in [-0.25, -0.2) is 0 Å². The van der Waals surface area contributed by atoms with Crippen LogP contribution in [0.2, 0.25) is 0 Å². The molecule has 0 heterocycles. The first-order valence-corrected chi connectivity index (χ1v) is 34.0. The summed E-state index contributed by atoms with van der Waals surface area (Å²) >= 11 is 0. The highest BCUT2D eigenvalue weighted by atomic mass is 16.6. The normalized spacial score (nSPS) is 12.2. The fraction of sp³-hybridized carbons (Fsp3) is 0.871. The molecule has 0 saturated heterocycles. The van der Waals surface area contributed by atoms with Crippen LogP contribution in [0.5, 0.6) is 0 Å². The molecule has 0 amide bonds. The Kier molecular flexibility index (Phi) is 63.1. The van der Waals surface area contributed by atoms with Gasteiger partial charge in [0.05, 0.1) is 0 Å². The minimum absolute atomic E-state index is 0.0726. The average Bonchev–Trinajstić information content (AvgIpc) is 3.42. The minimum atomic E-state index is -0.776. The van der Waals surface area contributed by atoms with Gasteiger partial charge in [-0.3, -0.25) is 14.4 Å². The predicted molar refractivity (Wildman–Crippen MR) is 330 cm³/mol. The Labute approximate surface area is 474 Å². The van der Waals surface area contributed by atoms with Crippen molar-refractivity contribution in [3.63, 3.8) is 0 Å². The largest absolute Gasteiger partial charge is 0.462 e. The maximum absolute atomic E-state index is 12.9. The van der Waals surface area contributed by atoms with E-state index in [-0.39, 0.29) is 31.1 Å². The third-order valence-electron chi connectivity index (χ3n) is 15.3. The Morgan fingerprint density at radius 2 is 0.434 bits per heavy atom. The van der Waals surface area contributed by atoms with Crippen molar-refractivity contribution in [2.24, 2.45) is 0 Å². The fourth-order valence-electron chi connectivity index (χ4n) is 10.2. The third kappa shape index (κ3) is 62.5. The molecule has 0 aromatic rings. The Hall–Kier alpha value is -2.37. The number of carbonyl (C=O) groups excluding carboxylic acids is 3. The van der Waals surface area contributed by atoms with E-state index in [9.17, 15) is 14.4 Å². The van der Waals surface area contributed by atoms with Crippen LogP contribution in [0.15, 0.2) is 36.5 Å². The van der Waals surface area contributed by atoms with E-state index in [0.29, 0.717) is 19.3 Å². The number of allylic oxidation sites excluding steroid dienone is 6. The lowest BCUT2D eigenvalue weighted by Gasteiger charge is -2.18. The van der Waals surface area contributed by atoms with Crippen molar-refractivity contribution in [2.45, 2.75) is 380 Å². The van der Waals surface area contributed by atoms with Gasteiger partial charge in [0.15, 0.2) is 6.10 Å². The van der Waals surface area contributed by atoms with Crippen LogP contribution < -0.4 is 0 Å². The van der Waals surface area contributed by atoms with Crippen LogP contribution in [-0.4, -0.2) is 37.2 Å². The summed E-state index contributed by atoms with van der Waals surface area (Å²) in [7, 11) is 0. The van der Waals surface area contributed by atoms with Crippen molar-refractivity contribution in [2.75, 3.05) is 13.2 Å². The number of hydrogen-bond donors (Lipinski definition) is 0. The van der Waals surface area contributed by atoms with Gasteiger partial charge in [0.1, 0.15) is 13.2 Å². The zero-order valence-corrected chi connectivity index (χ0v) is 51.3. The van der Waals surface area contributed by atoms with Gasteiger partial charge < -0.3 is 14.2 Å². The second-order valence-corrected chi connectivity index (χ2v) is 23.1. The first kappa shape index (κ1) is 73.6. The minimum Gasteiger partial charge on any atom is -0.462 e. The van der Waals surface area contributed by atoms with Crippen molar-refractivity contribution in [3.05, 3.63) is 36.5 Å². The van der Waals surface area contributed by atoms with Crippen LogP contribution in [0.1, 0.15) is 374 Å². The molecule has 0 aliphatic rings. The molecule has 1 unspecified atom stereocenters. The molecule has 0 aromatic carbocycles. The topological polar surface area (TPSA) is 78.9 Å². The van der Waals surface area contributed by atoms with Crippen LogP contribution in [0.4, 0.5) is 0 Å². The van der Waals surface area contributed by atoms with Gasteiger partial charge in [-0.15, -0.1) is 0 Å². The molecule has 446 valence electrons. The van der Waals surface area contributed by atoms with Crippen LogP contribution in [0, 0.1) is 0 Å². The predicted octanol–water partition coefficient (Wildman–Crippen LogP) is 23.2. The summed E-state index contributed by atoms with van der Waals surface area (Å²) in [6.07, 6.45) is 80.2. The molecule has 0 fully saturated rings. The van der Waals surface area contributed by atoms with Gasteiger partial charge in [-0.05, 0) is 96.3 Å². The summed E-state index contributed by atoms with van der Waals surface area (Å²) in [5.74, 6) is -0.860. The second-order valence-electron chi connectivity index (χ2n) is 23.1. The number of rotatable bonds is 63. The van der Waals surface area contributed by atoms with Crippen LogP contribution in [-0.2, 0) is 28.6 Å². The molecule has 6 heteroatoms. The molecule has 76 heavy (non-hydrogen) atoms. The Morgan fingerprint density at radius 3 is 0.658 bits per heavy atom. The molecule has 0 bridgehead atoms. The zero-order valence-electron chi connectivity index (χ0n) is 51.3. The molecule has 1 atom stereocenters. The molecule has 0 aliphatic heterocycles. The van der Waals surface area contributed by atoms with Gasteiger partial charge in [0.25, 0.3) is 0 Å². The van der Waals surface area contributed by atoms with Crippen molar-refractivity contribution in [1.82, 2.24) is 0 Å². The summed E-state index contributed by atoms with van der Waals surface area (Å²) < 4.78 is 17.0. The van der Waals surface area contributed by atoms with E-state index in [2.05, 4.69) is 57.2 Å². The lowest BCUT2D eigenvalue weighted by Crippen LogP contribution is -2.30. The number of ether oxygens (including phenoxy) is 3. The van der Waals surface area contributed by atoms with Crippen molar-refractivity contribution < 1.29 is 28.6 Å². The lowest BCUT2D eigenvalue weighted by atomic mass is 10.0. The molecular weight excluding hydrogens is 937 g/mol. The van der Waals surface area contributed by atoms with Gasteiger partial charge in [-0.2, -0.15) is 0 Å². The van der Waals surface area contributed by atoms with Crippen molar-refractivity contribution in [1.29, 1.82) is 0 Å². The number of carbonyl (C=O) groups is 3. The Balaban J connectivity index is 4.29. The fourth-order valence-corrected chi connectivity index (χ4v) is 10.2. The van der Waals surface area contributed by atoms with Gasteiger partial charge in [-0.1, -0.05) is 295 Å². The quantitative estimate of drug-likeness (QED) is 0.0261. The van der Waals surface area contributed by atoms with E-state index in [4.69, 9.17) is 14.2 Å². The Bertz CT molecular complexity index is 1270. The number of hydrogen-bond acceptors (Lipinski definition) is 6. The smallest absolute Gasteiger partial charge is 0.306 e. The first-order chi connectivity index (χ1) is 37.5. The van der Waals surface area contributed by atoms with E-state index in [1.54, 1.807) is 0 Å². The molecule has 0 N–H and O–H groups in total. The molecule has 0 aromatic heterocycles. The summed E-state index contributed by atoms with van der Waals surface area (Å²) in [6.45, 7) is 6.68.